The fourth-order valence-corrected chi connectivity index (χ4v) is 2.58. The fraction of sp³-hybridized carbons (Fsp3) is 0.636. The van der Waals surface area contributed by atoms with Crippen LogP contribution >= 0.6 is 15.9 Å². The van der Waals surface area contributed by atoms with E-state index in [2.05, 4.69) is 25.8 Å². The number of alkyl halides is 1. The Labute approximate surface area is 103 Å². The van der Waals surface area contributed by atoms with Crippen LogP contribution in [-0.4, -0.2) is 28.0 Å². The van der Waals surface area contributed by atoms with E-state index in [1.54, 1.807) is 17.0 Å². The number of aromatic nitrogens is 2. The zero-order valence-corrected chi connectivity index (χ0v) is 11.0. The molecule has 88 valence electrons. The summed E-state index contributed by atoms with van der Waals surface area (Å²) >= 11 is 3.49. The van der Waals surface area contributed by atoms with Crippen LogP contribution in [0.15, 0.2) is 17.2 Å². The number of nitrogens with zero attached hydrogens (tertiary/aromatic N) is 3. The summed E-state index contributed by atoms with van der Waals surface area (Å²) < 4.78 is 1.70. The molecule has 0 spiro atoms. The molecule has 0 amide bonds. The largest absolute Gasteiger partial charge is 0.352 e. The highest BCUT2D eigenvalue weighted by Crippen LogP contribution is 2.20. The van der Waals surface area contributed by atoms with Crippen LogP contribution in [0.2, 0.25) is 0 Å². The summed E-state index contributed by atoms with van der Waals surface area (Å²) in [6, 6.07) is 0. The van der Waals surface area contributed by atoms with Gasteiger partial charge in [0.1, 0.15) is 0 Å². The first kappa shape index (κ1) is 11.6. The number of hydrogen-bond donors (Lipinski definition) is 0. The molecule has 0 N–H and O–H groups in total. The molecule has 0 aromatic carbocycles. The lowest BCUT2D eigenvalue weighted by Crippen LogP contribution is -2.31. The molecule has 1 aromatic heterocycles. The third kappa shape index (κ3) is 2.14. The summed E-state index contributed by atoms with van der Waals surface area (Å²) in [4.78, 5) is 18.3. The zero-order valence-electron chi connectivity index (χ0n) is 9.40. The summed E-state index contributed by atoms with van der Waals surface area (Å²) in [5, 5.41) is 0.998. The van der Waals surface area contributed by atoms with Crippen LogP contribution in [0.1, 0.15) is 13.3 Å². The molecule has 0 saturated carbocycles. The van der Waals surface area contributed by atoms with Crippen molar-refractivity contribution in [2.45, 2.75) is 19.9 Å². The molecule has 1 aromatic rings. The highest BCUT2D eigenvalue weighted by molar-refractivity contribution is 9.09. The van der Waals surface area contributed by atoms with Crippen molar-refractivity contribution in [3.8, 4) is 0 Å². The monoisotopic (exact) mass is 285 g/mol. The Morgan fingerprint density at radius 3 is 3.06 bits per heavy atom. The van der Waals surface area contributed by atoms with Gasteiger partial charge < -0.3 is 9.47 Å². The van der Waals surface area contributed by atoms with E-state index < -0.39 is 0 Å². The van der Waals surface area contributed by atoms with Gasteiger partial charge in [-0.1, -0.05) is 15.9 Å². The van der Waals surface area contributed by atoms with Crippen LogP contribution in [0.5, 0.6) is 0 Å². The number of hydrogen-bond acceptors (Lipinski definition) is 3. The van der Waals surface area contributed by atoms with E-state index in [0.717, 1.165) is 24.8 Å². The number of aryl methyl sites for hydroxylation is 1. The second kappa shape index (κ2) is 4.99. The Morgan fingerprint density at radius 2 is 2.44 bits per heavy atom. The smallest absolute Gasteiger partial charge is 0.293 e. The normalized spacial score (nSPS) is 20.4. The van der Waals surface area contributed by atoms with E-state index >= 15 is 0 Å². The average molecular weight is 286 g/mol. The number of rotatable bonds is 3. The molecule has 1 saturated heterocycles. The third-order valence-electron chi connectivity index (χ3n) is 3.04. The molecule has 2 rings (SSSR count). The van der Waals surface area contributed by atoms with Crippen LogP contribution in [0.25, 0.3) is 0 Å². The van der Waals surface area contributed by atoms with Crippen molar-refractivity contribution in [1.82, 2.24) is 9.55 Å². The third-order valence-corrected chi connectivity index (χ3v) is 3.96. The lowest BCUT2D eigenvalue weighted by molar-refractivity contribution is 0.672. The van der Waals surface area contributed by atoms with E-state index in [1.165, 1.54) is 0 Å². The van der Waals surface area contributed by atoms with Gasteiger partial charge in [0.25, 0.3) is 5.56 Å². The summed E-state index contributed by atoms with van der Waals surface area (Å²) in [6.45, 7) is 4.54. The molecule has 1 aliphatic heterocycles. The zero-order chi connectivity index (χ0) is 11.5. The minimum atomic E-state index is 0.0280. The maximum absolute atomic E-state index is 12.0. The lowest BCUT2D eigenvalue weighted by Gasteiger charge is -2.17. The summed E-state index contributed by atoms with van der Waals surface area (Å²) in [5.74, 6) is 1.24. The van der Waals surface area contributed by atoms with E-state index in [-0.39, 0.29) is 5.56 Å². The number of anilines is 1. The average Bonchev–Trinajstić information content (AvgIpc) is 2.78. The minimum absolute atomic E-state index is 0.0280. The Bertz CT molecular complexity index is 418. The van der Waals surface area contributed by atoms with Crippen LogP contribution in [0.3, 0.4) is 0 Å². The first-order valence-electron chi connectivity index (χ1n) is 5.62. The van der Waals surface area contributed by atoms with Crippen LogP contribution in [-0.2, 0) is 6.54 Å². The summed E-state index contributed by atoms with van der Waals surface area (Å²) in [5.41, 5.74) is 0.0280. The molecule has 1 atom stereocenters. The van der Waals surface area contributed by atoms with Gasteiger partial charge in [-0.15, -0.1) is 0 Å². The van der Waals surface area contributed by atoms with Gasteiger partial charge in [0, 0.05) is 37.4 Å². The predicted molar refractivity (Wildman–Crippen MR) is 68.3 cm³/mol. The van der Waals surface area contributed by atoms with Crippen LogP contribution in [0, 0.1) is 5.92 Å². The molecule has 1 unspecified atom stereocenters. The van der Waals surface area contributed by atoms with Gasteiger partial charge in [0.05, 0.1) is 0 Å². The second-order valence-electron chi connectivity index (χ2n) is 4.10. The van der Waals surface area contributed by atoms with E-state index in [9.17, 15) is 4.79 Å². The Kier molecular flexibility index (Phi) is 3.63. The van der Waals surface area contributed by atoms with Crippen molar-refractivity contribution in [3.05, 3.63) is 22.7 Å². The van der Waals surface area contributed by atoms with E-state index in [4.69, 9.17) is 0 Å². The van der Waals surface area contributed by atoms with Crippen LogP contribution in [0.4, 0.5) is 5.82 Å². The van der Waals surface area contributed by atoms with E-state index in [0.29, 0.717) is 18.3 Å². The number of halogens is 1. The van der Waals surface area contributed by atoms with Gasteiger partial charge in [-0.05, 0) is 19.3 Å². The topological polar surface area (TPSA) is 38.1 Å². The van der Waals surface area contributed by atoms with Gasteiger partial charge in [-0.25, -0.2) is 4.98 Å². The van der Waals surface area contributed by atoms with Gasteiger partial charge >= 0.3 is 0 Å². The van der Waals surface area contributed by atoms with Crippen molar-refractivity contribution in [2.75, 3.05) is 23.3 Å². The second-order valence-corrected chi connectivity index (χ2v) is 4.74. The molecule has 1 aliphatic rings. The predicted octanol–water partition coefficient (Wildman–Crippen LogP) is 1.48. The molecule has 0 radical (unpaired) electrons. The molecule has 4 nitrogen and oxygen atoms in total. The van der Waals surface area contributed by atoms with Crippen molar-refractivity contribution < 1.29 is 0 Å². The first-order chi connectivity index (χ1) is 7.76. The molecule has 5 heteroatoms. The lowest BCUT2D eigenvalue weighted by atomic mass is 10.2. The first-order valence-corrected chi connectivity index (χ1v) is 6.74. The highest BCUT2D eigenvalue weighted by Gasteiger charge is 2.24. The van der Waals surface area contributed by atoms with Gasteiger partial charge in [-0.3, -0.25) is 4.79 Å². The van der Waals surface area contributed by atoms with E-state index in [1.807, 2.05) is 6.92 Å². The quantitative estimate of drug-likeness (QED) is 0.790. The van der Waals surface area contributed by atoms with Gasteiger partial charge in [0.2, 0.25) is 0 Å². The van der Waals surface area contributed by atoms with Crippen LogP contribution < -0.4 is 10.5 Å². The van der Waals surface area contributed by atoms with Crippen molar-refractivity contribution in [1.29, 1.82) is 0 Å². The Morgan fingerprint density at radius 1 is 1.62 bits per heavy atom. The maximum Gasteiger partial charge on any atom is 0.293 e. The summed E-state index contributed by atoms with van der Waals surface area (Å²) in [7, 11) is 0. The SMILES string of the molecule is CCn1ccnc(N2CCC(CBr)C2)c1=O. The Hall–Kier alpha value is -0.840. The fourth-order valence-electron chi connectivity index (χ4n) is 2.05. The van der Waals surface area contributed by atoms with Crippen molar-refractivity contribution >= 4 is 21.7 Å². The maximum atomic E-state index is 12.0. The van der Waals surface area contributed by atoms with Gasteiger partial charge in [-0.2, -0.15) is 0 Å². The molecule has 1 fully saturated rings. The van der Waals surface area contributed by atoms with Gasteiger partial charge in [0.15, 0.2) is 5.82 Å². The summed E-state index contributed by atoms with van der Waals surface area (Å²) in [6.07, 6.45) is 4.58. The molecular weight excluding hydrogens is 270 g/mol. The van der Waals surface area contributed by atoms with Crippen molar-refractivity contribution in [2.24, 2.45) is 5.92 Å². The highest BCUT2D eigenvalue weighted by atomic mass is 79.9. The molecule has 16 heavy (non-hydrogen) atoms. The molecule has 0 aliphatic carbocycles. The Balaban J connectivity index is 2.25. The molecule has 0 bridgehead atoms. The standard InChI is InChI=1S/C11H16BrN3O/c1-2-14-6-4-13-10(11(14)16)15-5-3-9(7-12)8-15/h4,6,9H,2-3,5,7-8H2,1H3. The minimum Gasteiger partial charge on any atom is -0.352 e. The molecular formula is C11H16BrN3O. The molecule has 2 heterocycles. The van der Waals surface area contributed by atoms with Crippen molar-refractivity contribution in [3.63, 3.8) is 0 Å².